The molecule has 26 heavy (non-hydrogen) atoms. The zero-order valence-electron chi connectivity index (χ0n) is 14.4. The van der Waals surface area contributed by atoms with Crippen LogP contribution in [0.5, 0.6) is 5.75 Å². The Kier molecular flexibility index (Phi) is 5.36. The number of methoxy groups -OCH3 is 1. The molecule has 1 aromatic heterocycles. The number of hydrogen-bond donors (Lipinski definition) is 2. The Balaban J connectivity index is 1.74. The van der Waals surface area contributed by atoms with Gasteiger partial charge in [-0.3, -0.25) is 4.57 Å². The van der Waals surface area contributed by atoms with Crippen LogP contribution in [-0.2, 0) is 16.1 Å². The molecule has 3 N–H and O–H groups in total. The van der Waals surface area contributed by atoms with Gasteiger partial charge in [-0.05, 0) is 23.8 Å². The monoisotopic (exact) mass is 359 g/mol. The maximum absolute atomic E-state index is 12.0. The van der Waals surface area contributed by atoms with Crippen LogP contribution in [0.4, 0.5) is 5.82 Å². The first-order valence-corrected chi connectivity index (χ1v) is 8.07. The third-order valence-corrected chi connectivity index (χ3v) is 4.20. The van der Waals surface area contributed by atoms with Crippen LogP contribution in [0, 0.1) is 0 Å². The molecule has 0 saturated carbocycles. The molecule has 0 amide bonds. The Labute approximate surface area is 150 Å². The maximum Gasteiger partial charge on any atom is 0.351 e. The fourth-order valence-corrected chi connectivity index (χ4v) is 2.81. The van der Waals surface area contributed by atoms with Crippen molar-refractivity contribution < 1.29 is 19.3 Å². The molecule has 0 spiro atoms. The van der Waals surface area contributed by atoms with E-state index in [0.717, 1.165) is 11.3 Å². The molecule has 0 aliphatic carbocycles. The molecule has 0 radical (unpaired) electrons. The Morgan fingerprint density at radius 3 is 2.69 bits per heavy atom. The van der Waals surface area contributed by atoms with Gasteiger partial charge in [-0.15, -0.1) is 0 Å². The van der Waals surface area contributed by atoms with E-state index in [1.807, 2.05) is 24.3 Å². The molecule has 138 valence electrons. The molecule has 8 nitrogen and oxygen atoms in total. The molecule has 0 unspecified atom stereocenters. The van der Waals surface area contributed by atoms with E-state index >= 15 is 0 Å². The second kappa shape index (κ2) is 7.69. The number of benzene rings is 1. The maximum atomic E-state index is 12.0. The third-order valence-electron chi connectivity index (χ3n) is 4.20. The fraction of sp³-hybridized carbons (Fsp3) is 0.333. The molecule has 1 aliphatic rings. The number of aromatic nitrogens is 2. The van der Waals surface area contributed by atoms with E-state index in [-0.39, 0.29) is 12.4 Å². The predicted molar refractivity (Wildman–Crippen MR) is 94.6 cm³/mol. The van der Waals surface area contributed by atoms with E-state index in [1.165, 1.54) is 16.8 Å². The first-order chi connectivity index (χ1) is 12.5. The number of nitrogens with two attached hydrogens (primary N) is 1. The number of aliphatic hydroxyl groups is 1. The summed E-state index contributed by atoms with van der Waals surface area (Å²) in [5.74, 6) is 0.881. The summed E-state index contributed by atoms with van der Waals surface area (Å²) in [6, 6.07) is 8.95. The van der Waals surface area contributed by atoms with Crippen molar-refractivity contribution in [3.05, 3.63) is 64.7 Å². The zero-order chi connectivity index (χ0) is 18.7. The molecule has 2 heterocycles. The third kappa shape index (κ3) is 3.62. The van der Waals surface area contributed by atoms with Crippen LogP contribution in [0.1, 0.15) is 11.8 Å². The van der Waals surface area contributed by atoms with Crippen LogP contribution in [0.2, 0.25) is 0 Å². The molecular weight excluding hydrogens is 338 g/mol. The molecule has 1 fully saturated rings. The van der Waals surface area contributed by atoms with Crippen molar-refractivity contribution in [3.8, 4) is 5.75 Å². The minimum Gasteiger partial charge on any atom is -0.497 e. The van der Waals surface area contributed by atoms with Gasteiger partial charge < -0.3 is 25.1 Å². The van der Waals surface area contributed by atoms with E-state index in [4.69, 9.17) is 19.9 Å². The van der Waals surface area contributed by atoms with Gasteiger partial charge in [0.15, 0.2) is 6.23 Å². The van der Waals surface area contributed by atoms with Crippen LogP contribution in [0.25, 0.3) is 0 Å². The highest BCUT2D eigenvalue weighted by atomic mass is 16.6. The number of ether oxygens (including phenoxy) is 3. The minimum absolute atomic E-state index is 0.126. The summed E-state index contributed by atoms with van der Waals surface area (Å²) in [5.41, 5.74) is 6.43. The van der Waals surface area contributed by atoms with E-state index in [9.17, 15) is 9.90 Å². The molecule has 2 aromatic rings. The van der Waals surface area contributed by atoms with E-state index in [0.29, 0.717) is 12.2 Å². The molecular formula is C18H21N3O5. The Bertz CT molecular complexity index is 833. The Morgan fingerprint density at radius 2 is 2.08 bits per heavy atom. The van der Waals surface area contributed by atoms with Gasteiger partial charge in [-0.1, -0.05) is 18.7 Å². The topological polar surface area (TPSA) is 109 Å². The summed E-state index contributed by atoms with van der Waals surface area (Å²) in [5, 5.41) is 9.61. The van der Waals surface area contributed by atoms with Crippen LogP contribution < -0.4 is 16.2 Å². The summed E-state index contributed by atoms with van der Waals surface area (Å²) >= 11 is 0. The molecule has 1 aromatic carbocycles. The van der Waals surface area contributed by atoms with E-state index in [2.05, 4.69) is 11.6 Å². The second-order valence-electron chi connectivity index (χ2n) is 5.91. The molecule has 3 rings (SSSR count). The van der Waals surface area contributed by atoms with Crippen molar-refractivity contribution in [2.24, 2.45) is 0 Å². The average Bonchev–Trinajstić information content (AvgIpc) is 2.96. The van der Waals surface area contributed by atoms with Crippen molar-refractivity contribution in [3.63, 3.8) is 0 Å². The average molecular weight is 359 g/mol. The van der Waals surface area contributed by atoms with Gasteiger partial charge in [0, 0.05) is 11.8 Å². The molecule has 1 aliphatic heterocycles. The fourth-order valence-electron chi connectivity index (χ4n) is 2.81. The Morgan fingerprint density at radius 1 is 1.35 bits per heavy atom. The number of hydrogen-bond acceptors (Lipinski definition) is 7. The van der Waals surface area contributed by atoms with Crippen LogP contribution in [0.3, 0.4) is 0 Å². The van der Waals surface area contributed by atoms with Gasteiger partial charge in [0.2, 0.25) is 0 Å². The SMILES string of the molecule is C=C1[C@H](n2ccc(N)nc2=O)O[C@H](CO)[C@H]1OCc1ccc(OC)cc1. The summed E-state index contributed by atoms with van der Waals surface area (Å²) < 4.78 is 18.1. The molecule has 0 bridgehead atoms. The van der Waals surface area contributed by atoms with Crippen molar-refractivity contribution >= 4 is 5.82 Å². The number of nitrogens with zero attached hydrogens (tertiary/aromatic N) is 2. The standard InChI is InChI=1S/C18H21N3O5/c1-11-16(25-10-12-3-5-13(24-2)6-4-12)14(9-22)26-17(11)21-8-7-15(19)20-18(21)23/h3-8,14,16-17,22H,1,9-10H2,2H3,(H2,19,20,23)/t14-,16+,17-/m1/s1. The van der Waals surface area contributed by atoms with Gasteiger partial charge in [-0.2, -0.15) is 4.98 Å². The van der Waals surface area contributed by atoms with E-state index in [1.54, 1.807) is 7.11 Å². The lowest BCUT2D eigenvalue weighted by atomic mass is 10.1. The summed E-state index contributed by atoms with van der Waals surface area (Å²) in [7, 11) is 1.60. The first-order valence-electron chi connectivity index (χ1n) is 8.07. The van der Waals surface area contributed by atoms with Gasteiger partial charge in [0.25, 0.3) is 0 Å². The van der Waals surface area contributed by atoms with Gasteiger partial charge in [0.05, 0.1) is 20.3 Å². The lowest BCUT2D eigenvalue weighted by Crippen LogP contribution is -2.28. The summed E-state index contributed by atoms with van der Waals surface area (Å²) in [6.45, 7) is 4.03. The lowest BCUT2D eigenvalue weighted by Gasteiger charge is -2.17. The second-order valence-corrected chi connectivity index (χ2v) is 5.91. The minimum atomic E-state index is -0.770. The number of rotatable bonds is 6. The van der Waals surface area contributed by atoms with Crippen molar-refractivity contribution in [2.45, 2.75) is 25.0 Å². The highest BCUT2D eigenvalue weighted by molar-refractivity contribution is 5.27. The number of aliphatic hydroxyl groups excluding tert-OH is 1. The highest BCUT2D eigenvalue weighted by Gasteiger charge is 2.40. The summed E-state index contributed by atoms with van der Waals surface area (Å²) in [4.78, 5) is 15.7. The number of anilines is 1. The first kappa shape index (κ1) is 18.1. The van der Waals surface area contributed by atoms with Gasteiger partial charge in [-0.25, -0.2) is 4.79 Å². The lowest BCUT2D eigenvalue weighted by molar-refractivity contribution is -0.0657. The highest BCUT2D eigenvalue weighted by Crippen LogP contribution is 2.34. The molecule has 1 saturated heterocycles. The normalized spacial score (nSPS) is 22.5. The van der Waals surface area contributed by atoms with Crippen LogP contribution in [-0.4, -0.2) is 40.6 Å². The van der Waals surface area contributed by atoms with Crippen molar-refractivity contribution in [1.29, 1.82) is 0 Å². The van der Waals surface area contributed by atoms with E-state index < -0.39 is 24.1 Å². The van der Waals surface area contributed by atoms with Crippen LogP contribution >= 0.6 is 0 Å². The van der Waals surface area contributed by atoms with Crippen molar-refractivity contribution in [2.75, 3.05) is 19.5 Å². The Hall–Kier alpha value is -2.68. The smallest absolute Gasteiger partial charge is 0.351 e. The molecule has 8 heteroatoms. The zero-order valence-corrected chi connectivity index (χ0v) is 14.4. The molecule has 3 atom stereocenters. The van der Waals surface area contributed by atoms with Crippen molar-refractivity contribution in [1.82, 2.24) is 9.55 Å². The van der Waals surface area contributed by atoms with Crippen LogP contribution in [0.15, 0.2) is 53.5 Å². The number of nitrogen functional groups attached to an aromatic ring is 1. The van der Waals surface area contributed by atoms with Gasteiger partial charge >= 0.3 is 5.69 Å². The predicted octanol–water partition coefficient (Wildman–Crippen LogP) is 0.865. The van der Waals surface area contributed by atoms with Gasteiger partial charge in [0.1, 0.15) is 23.8 Å². The largest absolute Gasteiger partial charge is 0.497 e. The summed E-state index contributed by atoms with van der Waals surface area (Å²) in [6.07, 6.45) is -0.471. The quantitative estimate of drug-likeness (QED) is 0.737.